The first-order valence-corrected chi connectivity index (χ1v) is 13.5. The lowest BCUT2D eigenvalue weighted by molar-refractivity contribution is -0.117. The third-order valence-electron chi connectivity index (χ3n) is 7.45. The monoisotopic (exact) mass is 547 g/mol. The molecule has 0 bridgehead atoms. The first-order valence-electron chi connectivity index (χ1n) is 13.5. The number of fused-ring (bicyclic) bond motifs is 2. The zero-order chi connectivity index (χ0) is 27.8. The number of aromatic nitrogens is 7. The Hall–Kier alpha value is -5.03. The van der Waals surface area contributed by atoms with Gasteiger partial charge in [0.05, 0.1) is 28.5 Å². The highest BCUT2D eigenvalue weighted by Gasteiger charge is 2.19. The zero-order valence-electron chi connectivity index (χ0n) is 22.0. The van der Waals surface area contributed by atoms with Crippen molar-refractivity contribution in [2.75, 3.05) is 18.4 Å². The molecule has 6 aromatic rings. The van der Waals surface area contributed by atoms with Gasteiger partial charge < -0.3 is 15.6 Å². The molecule has 10 nitrogen and oxygen atoms in total. The third kappa shape index (κ3) is 5.03. The van der Waals surface area contributed by atoms with Crippen LogP contribution in [0.3, 0.4) is 0 Å². The normalized spacial score (nSPS) is 14.1. The summed E-state index contributed by atoms with van der Waals surface area (Å²) >= 11 is 0. The number of amides is 1. The van der Waals surface area contributed by atoms with E-state index in [1.807, 2.05) is 18.2 Å². The van der Waals surface area contributed by atoms with Crippen LogP contribution in [0.4, 0.5) is 10.1 Å². The van der Waals surface area contributed by atoms with Crippen molar-refractivity contribution in [3.63, 3.8) is 0 Å². The molecule has 5 aromatic heterocycles. The number of carbonyl (C=O) groups is 1. The lowest BCUT2D eigenvalue weighted by atomic mass is 9.94. The zero-order valence-corrected chi connectivity index (χ0v) is 22.0. The van der Waals surface area contributed by atoms with Crippen LogP contribution in [0.15, 0.2) is 67.3 Å². The number of piperidine rings is 1. The molecule has 0 aliphatic carbocycles. The maximum Gasteiger partial charge on any atom is 0.224 e. The SMILES string of the molecule is O=C(CC1CCNCC1)Nc1cncc(-c2cnc3[nH]nc(-c4nc5c(-c6ccc(F)cc6)nccc5[nH]4)c3c2)c1. The number of halogens is 1. The molecule has 41 heavy (non-hydrogen) atoms. The highest BCUT2D eigenvalue weighted by Crippen LogP contribution is 2.32. The van der Waals surface area contributed by atoms with E-state index in [4.69, 9.17) is 4.98 Å². The Morgan fingerprint density at radius 2 is 1.78 bits per heavy atom. The van der Waals surface area contributed by atoms with Gasteiger partial charge in [0.2, 0.25) is 5.91 Å². The molecule has 0 atom stereocenters. The predicted octanol–water partition coefficient (Wildman–Crippen LogP) is 5.09. The fourth-order valence-electron chi connectivity index (χ4n) is 5.33. The Kier molecular flexibility index (Phi) is 6.40. The van der Waals surface area contributed by atoms with Crippen LogP contribution >= 0.6 is 0 Å². The van der Waals surface area contributed by atoms with E-state index in [0.717, 1.165) is 53.5 Å². The second kappa shape index (κ2) is 10.5. The number of hydrogen-bond donors (Lipinski definition) is 4. The van der Waals surface area contributed by atoms with Gasteiger partial charge >= 0.3 is 0 Å². The predicted molar refractivity (Wildman–Crippen MR) is 154 cm³/mol. The molecule has 7 rings (SSSR count). The van der Waals surface area contributed by atoms with Gasteiger partial charge in [-0.05, 0) is 74.3 Å². The van der Waals surface area contributed by atoms with Crippen molar-refractivity contribution >= 4 is 33.7 Å². The number of benzene rings is 1. The Morgan fingerprint density at radius 1 is 0.951 bits per heavy atom. The molecular weight excluding hydrogens is 521 g/mol. The Balaban J connectivity index is 1.19. The number of imidazole rings is 1. The number of carbonyl (C=O) groups excluding carboxylic acids is 1. The number of pyridine rings is 3. The quantitative estimate of drug-likeness (QED) is 0.228. The number of nitrogens with one attached hydrogen (secondary N) is 4. The largest absolute Gasteiger partial charge is 0.336 e. The molecule has 1 saturated heterocycles. The smallest absolute Gasteiger partial charge is 0.224 e. The molecule has 204 valence electrons. The minimum absolute atomic E-state index is 0.000861. The van der Waals surface area contributed by atoms with Crippen molar-refractivity contribution < 1.29 is 9.18 Å². The van der Waals surface area contributed by atoms with Gasteiger partial charge in [-0.2, -0.15) is 5.10 Å². The van der Waals surface area contributed by atoms with Crippen LogP contribution in [0.5, 0.6) is 0 Å². The van der Waals surface area contributed by atoms with Gasteiger partial charge in [0.25, 0.3) is 0 Å². The number of H-pyrrole nitrogens is 2. The van der Waals surface area contributed by atoms with Crippen LogP contribution in [0.2, 0.25) is 0 Å². The molecule has 0 spiro atoms. The van der Waals surface area contributed by atoms with Gasteiger partial charge in [-0.15, -0.1) is 0 Å². The van der Waals surface area contributed by atoms with Crippen molar-refractivity contribution in [1.82, 2.24) is 40.4 Å². The highest BCUT2D eigenvalue weighted by atomic mass is 19.1. The van der Waals surface area contributed by atoms with Crippen molar-refractivity contribution in [2.45, 2.75) is 19.3 Å². The minimum Gasteiger partial charge on any atom is -0.336 e. The van der Waals surface area contributed by atoms with E-state index in [1.54, 1.807) is 36.9 Å². The topological polar surface area (TPSA) is 137 Å². The van der Waals surface area contributed by atoms with E-state index in [9.17, 15) is 9.18 Å². The van der Waals surface area contributed by atoms with E-state index in [2.05, 4.69) is 40.8 Å². The molecule has 0 unspecified atom stereocenters. The van der Waals surface area contributed by atoms with E-state index in [1.165, 1.54) is 12.1 Å². The van der Waals surface area contributed by atoms with Crippen molar-refractivity contribution in [3.8, 4) is 33.9 Å². The van der Waals surface area contributed by atoms with Crippen molar-refractivity contribution in [3.05, 3.63) is 73.1 Å². The molecule has 1 aliphatic heterocycles. The average Bonchev–Trinajstić information content (AvgIpc) is 3.62. The Bertz CT molecular complexity index is 1870. The lowest BCUT2D eigenvalue weighted by Crippen LogP contribution is -2.30. The summed E-state index contributed by atoms with van der Waals surface area (Å²) in [6.07, 6.45) is 9.37. The number of hydrogen-bond acceptors (Lipinski definition) is 7. The van der Waals surface area contributed by atoms with Gasteiger partial charge in [-0.1, -0.05) is 0 Å². The first kappa shape index (κ1) is 25.0. The van der Waals surface area contributed by atoms with Crippen molar-refractivity contribution in [2.24, 2.45) is 5.92 Å². The van der Waals surface area contributed by atoms with E-state index < -0.39 is 0 Å². The number of nitrogens with zero attached hydrogens (tertiary/aromatic N) is 5. The number of rotatable bonds is 6. The molecule has 1 aliphatic rings. The standard InChI is InChI=1S/C30H26FN9O/c31-21-3-1-18(2-4-21)26-28-24(7-10-34-26)37-30(38-28)27-23-13-20(15-35-29(23)40-39-27)19-12-22(16-33-14-19)36-25(41)11-17-5-8-32-9-6-17/h1-4,7,10,12-17,32H,5-6,8-9,11H2,(H,36,41)(H,37,38)(H,35,39,40). The van der Waals surface area contributed by atoms with Gasteiger partial charge in [0.1, 0.15) is 17.0 Å². The number of aromatic amines is 2. The molecule has 1 aromatic carbocycles. The molecule has 0 radical (unpaired) electrons. The van der Waals surface area contributed by atoms with E-state index in [-0.39, 0.29) is 11.7 Å². The van der Waals surface area contributed by atoms with Crippen LogP contribution in [0.25, 0.3) is 56.0 Å². The molecule has 1 amide bonds. The molecule has 6 heterocycles. The lowest BCUT2D eigenvalue weighted by Gasteiger charge is -2.21. The fraction of sp³-hybridized carbons (Fsp3) is 0.200. The summed E-state index contributed by atoms with van der Waals surface area (Å²) in [4.78, 5) is 34.2. The highest BCUT2D eigenvalue weighted by molar-refractivity contribution is 5.96. The number of anilines is 1. The van der Waals surface area contributed by atoms with E-state index in [0.29, 0.717) is 46.4 Å². The second-order valence-electron chi connectivity index (χ2n) is 10.2. The minimum atomic E-state index is -0.310. The maximum atomic E-state index is 13.5. The van der Waals surface area contributed by atoms with Crippen molar-refractivity contribution in [1.29, 1.82) is 0 Å². The summed E-state index contributed by atoms with van der Waals surface area (Å²) in [5, 5.41) is 14.6. The molecule has 1 fully saturated rings. The Labute approximate surface area is 233 Å². The average molecular weight is 548 g/mol. The second-order valence-corrected chi connectivity index (χ2v) is 10.2. The summed E-state index contributed by atoms with van der Waals surface area (Å²) in [6.45, 7) is 1.92. The summed E-state index contributed by atoms with van der Waals surface area (Å²) < 4.78 is 13.5. The van der Waals surface area contributed by atoms with Crippen LogP contribution in [-0.2, 0) is 4.79 Å². The molecular formula is C30H26FN9O. The molecule has 11 heteroatoms. The first-order chi connectivity index (χ1) is 20.1. The van der Waals surface area contributed by atoms with Crippen LogP contribution in [0.1, 0.15) is 19.3 Å². The Morgan fingerprint density at radius 3 is 2.63 bits per heavy atom. The molecule has 4 N–H and O–H groups in total. The van der Waals surface area contributed by atoms with Crippen LogP contribution in [0, 0.1) is 11.7 Å². The third-order valence-corrected chi connectivity index (χ3v) is 7.45. The summed E-state index contributed by atoms with van der Waals surface area (Å²) in [7, 11) is 0. The van der Waals surface area contributed by atoms with Gasteiger partial charge in [0.15, 0.2) is 11.5 Å². The van der Waals surface area contributed by atoms with Gasteiger partial charge in [0, 0.05) is 41.7 Å². The van der Waals surface area contributed by atoms with Gasteiger partial charge in [-0.25, -0.2) is 14.4 Å². The fourth-order valence-corrected chi connectivity index (χ4v) is 5.33. The summed E-state index contributed by atoms with van der Waals surface area (Å²) in [6, 6.07) is 11.9. The van der Waals surface area contributed by atoms with Crippen LogP contribution in [-0.4, -0.2) is 54.1 Å². The van der Waals surface area contributed by atoms with Crippen LogP contribution < -0.4 is 10.6 Å². The molecule has 0 saturated carbocycles. The summed E-state index contributed by atoms with van der Waals surface area (Å²) in [5.74, 6) is 0.647. The summed E-state index contributed by atoms with van der Waals surface area (Å²) in [5.41, 5.74) is 6.36. The maximum absolute atomic E-state index is 13.5. The van der Waals surface area contributed by atoms with E-state index >= 15 is 0 Å². The van der Waals surface area contributed by atoms with Gasteiger partial charge in [-0.3, -0.25) is 19.9 Å².